The Labute approximate surface area is 55.2 Å². The van der Waals surface area contributed by atoms with Crippen molar-refractivity contribution in [1.29, 1.82) is 0 Å². The van der Waals surface area contributed by atoms with E-state index in [2.05, 4.69) is 17.5 Å². The van der Waals surface area contributed by atoms with E-state index >= 15 is 0 Å². The fourth-order valence-corrected chi connectivity index (χ4v) is 2.46. The van der Waals surface area contributed by atoms with Gasteiger partial charge in [0.15, 0.2) is 0 Å². The van der Waals surface area contributed by atoms with Gasteiger partial charge in [0, 0.05) is 11.6 Å². The zero-order valence-electron chi connectivity index (χ0n) is 4.76. The molecule has 0 unspecified atom stereocenters. The summed E-state index contributed by atoms with van der Waals surface area (Å²) in [4.78, 5) is 0. The van der Waals surface area contributed by atoms with Gasteiger partial charge in [0.2, 0.25) is 9.76 Å². The van der Waals surface area contributed by atoms with Crippen molar-refractivity contribution in [3.8, 4) is 0 Å². The summed E-state index contributed by atoms with van der Waals surface area (Å²) < 4.78 is 6.46. The SMILES string of the molecule is CO[SiH2]c1cccs1. The largest absolute Gasteiger partial charge is 0.421 e. The van der Waals surface area contributed by atoms with E-state index in [0.29, 0.717) is 0 Å². The quantitative estimate of drug-likeness (QED) is 0.535. The Bertz CT molecular complexity index is 138. The average Bonchev–Trinajstić information content (AvgIpc) is 2.19. The summed E-state index contributed by atoms with van der Waals surface area (Å²) in [5.74, 6) is 0. The topological polar surface area (TPSA) is 9.23 Å². The first kappa shape index (κ1) is 6.00. The van der Waals surface area contributed by atoms with Gasteiger partial charge in [-0.3, -0.25) is 0 Å². The van der Waals surface area contributed by atoms with Crippen LogP contribution < -0.4 is 4.50 Å². The first-order valence-corrected chi connectivity index (χ1v) is 4.61. The number of rotatable bonds is 2. The van der Waals surface area contributed by atoms with E-state index in [4.69, 9.17) is 4.43 Å². The van der Waals surface area contributed by atoms with E-state index in [-0.39, 0.29) is 9.76 Å². The molecule has 0 aromatic carbocycles. The lowest BCUT2D eigenvalue weighted by Gasteiger charge is -1.87. The molecule has 0 atom stereocenters. The van der Waals surface area contributed by atoms with Gasteiger partial charge >= 0.3 is 0 Å². The highest BCUT2D eigenvalue weighted by Crippen LogP contribution is 1.90. The van der Waals surface area contributed by atoms with Gasteiger partial charge in [-0.1, -0.05) is 12.1 Å². The Morgan fingerprint density at radius 2 is 2.62 bits per heavy atom. The zero-order chi connectivity index (χ0) is 5.82. The molecule has 1 aromatic rings. The summed E-state index contributed by atoms with van der Waals surface area (Å²) >= 11 is 1.78. The van der Waals surface area contributed by atoms with E-state index in [1.807, 2.05) is 0 Å². The van der Waals surface area contributed by atoms with Crippen LogP contribution in [-0.4, -0.2) is 16.9 Å². The molecule has 0 aliphatic heterocycles. The Morgan fingerprint density at radius 1 is 1.75 bits per heavy atom. The summed E-state index contributed by atoms with van der Waals surface area (Å²) in [6.07, 6.45) is 0. The van der Waals surface area contributed by atoms with E-state index < -0.39 is 0 Å². The van der Waals surface area contributed by atoms with Crippen LogP contribution in [0.4, 0.5) is 0 Å². The molecule has 0 fully saturated rings. The molecule has 8 heavy (non-hydrogen) atoms. The fourth-order valence-electron chi connectivity index (χ4n) is 0.537. The van der Waals surface area contributed by atoms with Gasteiger partial charge in [0.25, 0.3) is 0 Å². The van der Waals surface area contributed by atoms with Crippen LogP contribution in [0.15, 0.2) is 17.5 Å². The fraction of sp³-hybridized carbons (Fsp3) is 0.200. The van der Waals surface area contributed by atoms with Crippen LogP contribution >= 0.6 is 11.3 Å². The minimum atomic E-state index is -0.340. The summed E-state index contributed by atoms with van der Waals surface area (Å²) in [5, 5.41) is 2.08. The summed E-state index contributed by atoms with van der Waals surface area (Å²) in [5.41, 5.74) is 0. The highest BCUT2D eigenvalue weighted by molar-refractivity contribution is 7.19. The second-order valence-electron chi connectivity index (χ2n) is 1.51. The second kappa shape index (κ2) is 3.01. The van der Waals surface area contributed by atoms with Crippen molar-refractivity contribution in [2.45, 2.75) is 0 Å². The van der Waals surface area contributed by atoms with Crippen molar-refractivity contribution in [2.24, 2.45) is 0 Å². The smallest absolute Gasteiger partial charge is 0.202 e. The van der Waals surface area contributed by atoms with Crippen LogP contribution in [0.1, 0.15) is 0 Å². The minimum absolute atomic E-state index is 0.340. The van der Waals surface area contributed by atoms with E-state index in [1.54, 1.807) is 18.4 Å². The van der Waals surface area contributed by atoms with Crippen LogP contribution in [0.25, 0.3) is 0 Å². The molecule has 0 saturated carbocycles. The molecule has 0 aliphatic rings. The van der Waals surface area contributed by atoms with Crippen molar-refractivity contribution >= 4 is 25.6 Å². The van der Waals surface area contributed by atoms with E-state index in [1.165, 1.54) is 4.50 Å². The van der Waals surface area contributed by atoms with Gasteiger partial charge in [0.05, 0.1) is 0 Å². The maximum atomic E-state index is 5.04. The van der Waals surface area contributed by atoms with Crippen LogP contribution in [-0.2, 0) is 4.43 Å². The lowest BCUT2D eigenvalue weighted by molar-refractivity contribution is 0.451. The highest BCUT2D eigenvalue weighted by atomic mass is 32.1. The third-order valence-electron chi connectivity index (χ3n) is 0.867. The summed E-state index contributed by atoms with van der Waals surface area (Å²) in [6.45, 7) is 0. The molecule has 0 bridgehead atoms. The molecule has 1 heterocycles. The predicted molar refractivity (Wildman–Crippen MR) is 39.5 cm³/mol. The van der Waals surface area contributed by atoms with Gasteiger partial charge in [0.1, 0.15) is 0 Å². The van der Waals surface area contributed by atoms with Crippen molar-refractivity contribution in [3.63, 3.8) is 0 Å². The Kier molecular flexibility index (Phi) is 2.26. The van der Waals surface area contributed by atoms with Gasteiger partial charge in [-0.05, 0) is 5.38 Å². The lowest BCUT2D eigenvalue weighted by Crippen LogP contribution is -2.09. The molecular formula is C5H8OSSi. The molecule has 0 saturated heterocycles. The Hall–Kier alpha value is -0.123. The molecule has 1 rings (SSSR count). The van der Waals surface area contributed by atoms with Crippen molar-refractivity contribution in [3.05, 3.63) is 17.5 Å². The number of thiophene rings is 1. The van der Waals surface area contributed by atoms with Crippen LogP contribution in [0.2, 0.25) is 0 Å². The normalized spacial score (nSPS) is 11.1. The molecule has 0 amide bonds. The monoisotopic (exact) mass is 144 g/mol. The second-order valence-corrected chi connectivity index (χ2v) is 4.68. The average molecular weight is 144 g/mol. The molecule has 0 radical (unpaired) electrons. The highest BCUT2D eigenvalue weighted by Gasteiger charge is 1.89. The maximum Gasteiger partial charge on any atom is 0.202 e. The molecule has 3 heteroatoms. The minimum Gasteiger partial charge on any atom is -0.421 e. The van der Waals surface area contributed by atoms with Gasteiger partial charge in [-0.2, -0.15) is 11.3 Å². The van der Waals surface area contributed by atoms with Gasteiger partial charge in [-0.15, -0.1) is 0 Å². The van der Waals surface area contributed by atoms with Crippen LogP contribution in [0.3, 0.4) is 0 Å². The molecule has 1 aromatic heterocycles. The maximum absolute atomic E-state index is 5.04. The van der Waals surface area contributed by atoms with E-state index in [9.17, 15) is 0 Å². The van der Waals surface area contributed by atoms with Crippen LogP contribution in [0.5, 0.6) is 0 Å². The van der Waals surface area contributed by atoms with Gasteiger partial charge in [-0.25, -0.2) is 0 Å². The molecule has 0 spiro atoms. The van der Waals surface area contributed by atoms with E-state index in [0.717, 1.165) is 0 Å². The Morgan fingerprint density at radius 3 is 3.12 bits per heavy atom. The lowest BCUT2D eigenvalue weighted by atomic mass is 10.7. The zero-order valence-corrected chi connectivity index (χ0v) is 6.99. The molecule has 1 nitrogen and oxygen atoms in total. The molecule has 0 N–H and O–H groups in total. The van der Waals surface area contributed by atoms with Crippen molar-refractivity contribution in [1.82, 2.24) is 0 Å². The van der Waals surface area contributed by atoms with Gasteiger partial charge < -0.3 is 4.43 Å². The first-order chi connectivity index (χ1) is 3.93. The third kappa shape index (κ3) is 1.43. The standard InChI is InChI=1S/C5H8OSSi/c1-6-8-5-3-2-4-7-5/h2-4H,8H2,1H3. The predicted octanol–water partition coefficient (Wildman–Crippen LogP) is 0.104. The molecule has 0 aliphatic carbocycles. The summed E-state index contributed by atoms with van der Waals surface area (Å²) in [6, 6.07) is 4.19. The van der Waals surface area contributed by atoms with Crippen LogP contribution in [0, 0.1) is 0 Å². The molecule has 44 valence electrons. The Balaban J connectivity index is 2.50. The van der Waals surface area contributed by atoms with Crippen molar-refractivity contribution < 1.29 is 4.43 Å². The molecular weight excluding hydrogens is 136 g/mol. The number of hydrogen-bond donors (Lipinski definition) is 0. The summed E-state index contributed by atoms with van der Waals surface area (Å²) in [7, 11) is 1.43. The van der Waals surface area contributed by atoms with Crippen molar-refractivity contribution in [2.75, 3.05) is 7.11 Å². The first-order valence-electron chi connectivity index (χ1n) is 2.45. The third-order valence-corrected chi connectivity index (χ3v) is 3.26. The number of hydrogen-bond acceptors (Lipinski definition) is 2.